The second-order valence-electron chi connectivity index (χ2n) is 9.10. The molecule has 2 aliphatic rings. The fourth-order valence-corrected chi connectivity index (χ4v) is 6.96. The van der Waals surface area contributed by atoms with Crippen molar-refractivity contribution in [1.29, 1.82) is 0 Å². The number of hydrogen-bond acceptors (Lipinski definition) is 7. The number of thiophene rings is 1. The second-order valence-corrected chi connectivity index (χ2v) is 11.1. The molecule has 180 valence electrons. The van der Waals surface area contributed by atoms with Crippen molar-refractivity contribution >= 4 is 40.0 Å². The molecule has 2 aromatic rings. The van der Waals surface area contributed by atoms with Gasteiger partial charge < -0.3 is 14.6 Å². The maximum absolute atomic E-state index is 12.7. The highest BCUT2D eigenvalue weighted by atomic mass is 32.2. The van der Waals surface area contributed by atoms with E-state index in [9.17, 15) is 9.59 Å². The monoisotopic (exact) mass is 490 g/mol. The van der Waals surface area contributed by atoms with Gasteiger partial charge in [0.05, 0.1) is 18.4 Å². The molecule has 1 saturated carbocycles. The molecule has 0 spiro atoms. The number of anilines is 1. The lowest BCUT2D eigenvalue weighted by atomic mass is 9.86. The molecule has 1 amide bonds. The molecular weight excluding hydrogens is 456 g/mol. The van der Waals surface area contributed by atoms with E-state index in [4.69, 9.17) is 4.74 Å². The van der Waals surface area contributed by atoms with E-state index in [1.54, 1.807) is 0 Å². The third kappa shape index (κ3) is 5.98. The number of nitrogens with one attached hydrogen (secondary N) is 1. The van der Waals surface area contributed by atoms with Gasteiger partial charge in [-0.3, -0.25) is 4.79 Å². The maximum atomic E-state index is 12.7. The van der Waals surface area contributed by atoms with Gasteiger partial charge in [0.25, 0.3) is 0 Å². The van der Waals surface area contributed by atoms with Crippen LogP contribution in [0.2, 0.25) is 0 Å². The minimum absolute atomic E-state index is 0.145. The summed E-state index contributed by atoms with van der Waals surface area (Å²) >= 11 is 2.90. The Labute approximate surface area is 204 Å². The average molecular weight is 491 g/mol. The zero-order chi connectivity index (χ0) is 23.2. The smallest absolute Gasteiger partial charge is 0.341 e. The van der Waals surface area contributed by atoms with E-state index >= 15 is 0 Å². The van der Waals surface area contributed by atoms with E-state index in [0.717, 1.165) is 61.0 Å². The fraction of sp³-hybridized carbons (Fsp3) is 0.667. The first-order valence-corrected chi connectivity index (χ1v) is 13.9. The van der Waals surface area contributed by atoms with Gasteiger partial charge in [-0.2, -0.15) is 0 Å². The van der Waals surface area contributed by atoms with E-state index in [1.165, 1.54) is 73.6 Å². The van der Waals surface area contributed by atoms with Crippen molar-refractivity contribution in [1.82, 2.24) is 14.8 Å². The number of esters is 1. The molecule has 9 heteroatoms. The van der Waals surface area contributed by atoms with Crippen molar-refractivity contribution in [3.05, 3.63) is 21.8 Å². The Hall–Kier alpha value is -1.87. The highest BCUT2D eigenvalue weighted by Gasteiger charge is 2.26. The number of nitrogens with zero attached hydrogens (tertiary/aromatic N) is 3. The van der Waals surface area contributed by atoms with Crippen molar-refractivity contribution in [2.24, 2.45) is 13.0 Å². The lowest BCUT2D eigenvalue weighted by Crippen LogP contribution is -2.16. The highest BCUT2D eigenvalue weighted by Crippen LogP contribution is 2.38. The van der Waals surface area contributed by atoms with Crippen LogP contribution in [0, 0.1) is 5.92 Å². The van der Waals surface area contributed by atoms with Crippen LogP contribution in [0.1, 0.15) is 84.4 Å². The van der Waals surface area contributed by atoms with Gasteiger partial charge in [0.15, 0.2) is 5.16 Å². The SMILES string of the molecule is COC(=O)c1c(NC(=O)CSc2nnc(CCC3CCCCC3)n2C)sc2c1CCCCC2. The lowest BCUT2D eigenvalue weighted by Gasteiger charge is -2.20. The Kier molecular flexibility index (Phi) is 8.46. The quantitative estimate of drug-likeness (QED) is 0.312. The molecule has 7 nitrogen and oxygen atoms in total. The Morgan fingerprint density at radius 1 is 1.12 bits per heavy atom. The first kappa shape index (κ1) is 24.3. The van der Waals surface area contributed by atoms with Crippen LogP contribution < -0.4 is 5.32 Å². The van der Waals surface area contributed by atoms with Crippen molar-refractivity contribution in [2.45, 2.75) is 82.2 Å². The molecule has 0 aromatic carbocycles. The van der Waals surface area contributed by atoms with Gasteiger partial charge in [-0.15, -0.1) is 21.5 Å². The largest absolute Gasteiger partial charge is 0.465 e. The summed E-state index contributed by atoms with van der Waals surface area (Å²) in [6, 6.07) is 0. The van der Waals surface area contributed by atoms with E-state index < -0.39 is 0 Å². The molecule has 2 aliphatic carbocycles. The van der Waals surface area contributed by atoms with Crippen LogP contribution in [0.3, 0.4) is 0 Å². The number of amides is 1. The number of hydrogen-bond donors (Lipinski definition) is 1. The van der Waals surface area contributed by atoms with Crippen LogP contribution in [0.4, 0.5) is 5.00 Å². The minimum atomic E-state index is -0.367. The van der Waals surface area contributed by atoms with Crippen LogP contribution in [-0.4, -0.2) is 39.5 Å². The van der Waals surface area contributed by atoms with Gasteiger partial charge in [-0.25, -0.2) is 4.79 Å². The molecule has 0 saturated heterocycles. The Bertz CT molecular complexity index is 979. The zero-order valence-electron chi connectivity index (χ0n) is 19.7. The van der Waals surface area contributed by atoms with Crippen molar-refractivity contribution < 1.29 is 14.3 Å². The van der Waals surface area contributed by atoms with Crippen LogP contribution in [0.15, 0.2) is 5.16 Å². The van der Waals surface area contributed by atoms with Gasteiger partial charge in [0.2, 0.25) is 5.91 Å². The molecular formula is C24H34N4O3S2. The molecule has 33 heavy (non-hydrogen) atoms. The number of rotatable bonds is 8. The molecule has 0 atom stereocenters. The minimum Gasteiger partial charge on any atom is -0.465 e. The number of aryl methyl sites for hydroxylation is 2. The zero-order valence-corrected chi connectivity index (χ0v) is 21.3. The van der Waals surface area contributed by atoms with Gasteiger partial charge in [0, 0.05) is 18.3 Å². The number of carbonyl (C=O) groups is 2. The van der Waals surface area contributed by atoms with Crippen molar-refractivity contribution in [3.8, 4) is 0 Å². The molecule has 4 rings (SSSR count). The summed E-state index contributed by atoms with van der Waals surface area (Å²) in [6.45, 7) is 0. The summed E-state index contributed by atoms with van der Waals surface area (Å²) < 4.78 is 7.04. The predicted octanol–water partition coefficient (Wildman–Crippen LogP) is 5.18. The number of carbonyl (C=O) groups excluding carboxylic acids is 2. The Morgan fingerprint density at radius 2 is 1.88 bits per heavy atom. The van der Waals surface area contributed by atoms with E-state index in [1.807, 2.05) is 11.6 Å². The van der Waals surface area contributed by atoms with Gasteiger partial charge in [0.1, 0.15) is 10.8 Å². The maximum Gasteiger partial charge on any atom is 0.341 e. The van der Waals surface area contributed by atoms with Crippen LogP contribution in [0.25, 0.3) is 0 Å². The second kappa shape index (κ2) is 11.5. The van der Waals surface area contributed by atoms with E-state index in [-0.39, 0.29) is 17.6 Å². The molecule has 2 heterocycles. The predicted molar refractivity (Wildman–Crippen MR) is 132 cm³/mol. The average Bonchev–Trinajstić information content (AvgIpc) is 3.26. The van der Waals surface area contributed by atoms with Gasteiger partial charge >= 0.3 is 5.97 Å². The molecule has 0 unspecified atom stereocenters. The normalized spacial score (nSPS) is 16.8. The third-order valence-electron chi connectivity index (χ3n) is 6.82. The summed E-state index contributed by atoms with van der Waals surface area (Å²) in [5, 5.41) is 13.0. The Balaban J connectivity index is 1.35. The van der Waals surface area contributed by atoms with Crippen molar-refractivity contribution in [2.75, 3.05) is 18.2 Å². The topological polar surface area (TPSA) is 86.1 Å². The summed E-state index contributed by atoms with van der Waals surface area (Å²) in [5.74, 6) is 1.50. The highest BCUT2D eigenvalue weighted by molar-refractivity contribution is 7.99. The summed E-state index contributed by atoms with van der Waals surface area (Å²) in [6.07, 6.45) is 14.0. The first-order valence-electron chi connectivity index (χ1n) is 12.1. The van der Waals surface area contributed by atoms with Crippen LogP contribution >= 0.6 is 23.1 Å². The number of methoxy groups -OCH3 is 1. The lowest BCUT2D eigenvalue weighted by molar-refractivity contribution is -0.113. The third-order valence-corrected chi connectivity index (χ3v) is 9.05. The molecule has 1 N–H and O–H groups in total. The van der Waals surface area contributed by atoms with Crippen molar-refractivity contribution in [3.63, 3.8) is 0 Å². The number of thioether (sulfide) groups is 1. The molecule has 2 aromatic heterocycles. The number of aromatic nitrogens is 3. The molecule has 0 bridgehead atoms. The Morgan fingerprint density at radius 3 is 2.67 bits per heavy atom. The summed E-state index contributed by atoms with van der Waals surface area (Å²) in [7, 11) is 3.37. The van der Waals surface area contributed by atoms with E-state index in [2.05, 4.69) is 15.5 Å². The molecule has 1 fully saturated rings. The fourth-order valence-electron chi connectivity index (χ4n) is 4.94. The number of ether oxygens (including phenoxy) is 1. The molecule has 0 radical (unpaired) electrons. The van der Waals surface area contributed by atoms with Gasteiger partial charge in [-0.1, -0.05) is 50.3 Å². The number of fused-ring (bicyclic) bond motifs is 1. The van der Waals surface area contributed by atoms with Crippen LogP contribution in [0.5, 0.6) is 0 Å². The van der Waals surface area contributed by atoms with E-state index in [0.29, 0.717) is 10.6 Å². The summed E-state index contributed by atoms with van der Waals surface area (Å²) in [4.78, 5) is 26.4. The summed E-state index contributed by atoms with van der Waals surface area (Å²) in [5.41, 5.74) is 1.60. The van der Waals surface area contributed by atoms with Gasteiger partial charge in [-0.05, 0) is 43.6 Å². The van der Waals surface area contributed by atoms with Crippen LogP contribution in [-0.2, 0) is 35.8 Å². The molecule has 0 aliphatic heterocycles. The first-order chi connectivity index (χ1) is 16.1. The standard InChI is InChI=1S/C24H34N4O3S2/c1-28-19(14-13-16-9-5-3-6-10-16)26-27-24(28)32-15-20(29)25-22-21(23(30)31-2)17-11-7-4-8-12-18(17)33-22/h16H,3-15H2,1-2H3,(H,25,29).